The molecule has 0 saturated carbocycles. The van der Waals surface area contributed by atoms with E-state index in [1.807, 2.05) is 31.3 Å². The van der Waals surface area contributed by atoms with Gasteiger partial charge in [-0.25, -0.2) is 0 Å². The lowest BCUT2D eigenvalue weighted by molar-refractivity contribution is 0.355. The van der Waals surface area contributed by atoms with Gasteiger partial charge in [0.05, 0.1) is 26.1 Å². The van der Waals surface area contributed by atoms with Crippen molar-refractivity contribution in [3.05, 3.63) is 30.5 Å². The van der Waals surface area contributed by atoms with Gasteiger partial charge in [-0.15, -0.1) is 0 Å². The van der Waals surface area contributed by atoms with E-state index in [1.165, 1.54) is 0 Å². The Hall–Kier alpha value is -1.97. The third-order valence-electron chi connectivity index (χ3n) is 2.33. The van der Waals surface area contributed by atoms with Crippen molar-refractivity contribution in [2.75, 3.05) is 14.2 Å². The van der Waals surface area contributed by atoms with E-state index >= 15 is 0 Å². The molecule has 83 valence electrons. The molecule has 0 amide bonds. The van der Waals surface area contributed by atoms with E-state index in [9.17, 15) is 0 Å². The molecular formula is C12H13N2O2. The molecule has 1 radical (unpaired) electrons. The van der Waals surface area contributed by atoms with E-state index < -0.39 is 0 Å². The van der Waals surface area contributed by atoms with Gasteiger partial charge in [-0.3, -0.25) is 4.68 Å². The molecule has 0 spiro atoms. The van der Waals surface area contributed by atoms with E-state index in [1.54, 1.807) is 18.9 Å². The Morgan fingerprint density at radius 3 is 2.50 bits per heavy atom. The largest absolute Gasteiger partial charge is 0.493 e. The summed E-state index contributed by atoms with van der Waals surface area (Å²) in [7, 11) is 5.07. The predicted molar refractivity (Wildman–Crippen MR) is 60.6 cm³/mol. The highest BCUT2D eigenvalue weighted by Gasteiger charge is 2.07. The zero-order valence-electron chi connectivity index (χ0n) is 9.52. The highest BCUT2D eigenvalue weighted by molar-refractivity contribution is 5.63. The van der Waals surface area contributed by atoms with Crippen LogP contribution >= 0.6 is 0 Å². The number of hydrogen-bond donors (Lipinski definition) is 0. The Labute approximate surface area is 94.4 Å². The van der Waals surface area contributed by atoms with Gasteiger partial charge in [-0.1, -0.05) is 0 Å². The number of hydrogen-bond acceptors (Lipinski definition) is 3. The summed E-state index contributed by atoms with van der Waals surface area (Å²) >= 11 is 0. The first kappa shape index (κ1) is 10.5. The number of methoxy groups -OCH3 is 2. The molecule has 0 atom stereocenters. The van der Waals surface area contributed by atoms with Gasteiger partial charge in [0.1, 0.15) is 0 Å². The molecule has 0 unspecified atom stereocenters. The summed E-state index contributed by atoms with van der Waals surface area (Å²) in [5.41, 5.74) is 1.85. The van der Waals surface area contributed by atoms with Gasteiger partial charge in [0, 0.05) is 12.6 Å². The molecule has 0 aliphatic rings. The molecule has 0 bridgehead atoms. The number of benzene rings is 1. The van der Waals surface area contributed by atoms with Crippen LogP contribution in [-0.4, -0.2) is 24.0 Å². The van der Waals surface area contributed by atoms with Crippen LogP contribution < -0.4 is 9.47 Å². The number of rotatable bonds is 3. The Kier molecular flexibility index (Phi) is 2.81. The average molecular weight is 217 g/mol. The third kappa shape index (κ3) is 1.86. The SMILES string of the molecule is COc1ccc(-c2c[c]n(C)n2)cc1OC. The van der Waals surface area contributed by atoms with Gasteiger partial charge in [-0.2, -0.15) is 5.10 Å². The van der Waals surface area contributed by atoms with Crippen LogP contribution in [0.2, 0.25) is 0 Å². The minimum atomic E-state index is 0.700. The standard InChI is InChI=1S/C12H13N2O2/c1-14-7-6-10(13-14)9-4-5-11(15-2)12(8-9)16-3/h4-6,8H,1-3H3. The van der Waals surface area contributed by atoms with Crippen LogP contribution in [0, 0.1) is 6.20 Å². The van der Waals surface area contributed by atoms with Gasteiger partial charge in [0.15, 0.2) is 11.5 Å². The monoisotopic (exact) mass is 217 g/mol. The zero-order valence-corrected chi connectivity index (χ0v) is 9.52. The van der Waals surface area contributed by atoms with Crippen molar-refractivity contribution in [2.45, 2.75) is 0 Å². The smallest absolute Gasteiger partial charge is 0.161 e. The highest BCUT2D eigenvalue weighted by Crippen LogP contribution is 2.31. The van der Waals surface area contributed by atoms with E-state index in [0.717, 1.165) is 11.3 Å². The highest BCUT2D eigenvalue weighted by atomic mass is 16.5. The Morgan fingerprint density at radius 1 is 1.19 bits per heavy atom. The van der Waals surface area contributed by atoms with Gasteiger partial charge in [0.25, 0.3) is 0 Å². The molecule has 16 heavy (non-hydrogen) atoms. The summed E-state index contributed by atoms with van der Waals surface area (Å²) in [5.74, 6) is 1.41. The second kappa shape index (κ2) is 4.26. The maximum atomic E-state index is 5.24. The molecule has 0 aliphatic carbocycles. The van der Waals surface area contributed by atoms with Crippen LogP contribution in [0.5, 0.6) is 11.5 Å². The maximum absolute atomic E-state index is 5.24. The summed E-state index contributed by atoms with van der Waals surface area (Å²) in [6.07, 6.45) is 2.97. The summed E-state index contributed by atoms with van der Waals surface area (Å²) in [6, 6.07) is 7.54. The summed E-state index contributed by atoms with van der Waals surface area (Å²) in [6.45, 7) is 0. The Morgan fingerprint density at radius 2 is 1.94 bits per heavy atom. The van der Waals surface area contributed by atoms with Crippen molar-refractivity contribution in [3.8, 4) is 22.8 Å². The van der Waals surface area contributed by atoms with E-state index in [-0.39, 0.29) is 0 Å². The summed E-state index contributed by atoms with van der Waals surface area (Å²) < 4.78 is 12.1. The number of aromatic nitrogens is 2. The number of nitrogens with zero attached hydrogens (tertiary/aromatic N) is 2. The lowest BCUT2D eigenvalue weighted by Gasteiger charge is -2.08. The van der Waals surface area contributed by atoms with Crippen LogP contribution in [0.1, 0.15) is 0 Å². The van der Waals surface area contributed by atoms with Crippen LogP contribution in [0.3, 0.4) is 0 Å². The quantitative estimate of drug-likeness (QED) is 0.787. The first-order chi connectivity index (χ1) is 7.74. The number of aryl methyl sites for hydroxylation is 1. The van der Waals surface area contributed by atoms with E-state index in [0.29, 0.717) is 11.5 Å². The van der Waals surface area contributed by atoms with Gasteiger partial charge in [0.2, 0.25) is 0 Å². The lowest BCUT2D eigenvalue weighted by atomic mass is 10.1. The molecule has 4 nitrogen and oxygen atoms in total. The minimum absolute atomic E-state index is 0.700. The zero-order chi connectivity index (χ0) is 11.5. The second-order valence-electron chi connectivity index (χ2n) is 3.35. The van der Waals surface area contributed by atoms with Gasteiger partial charge in [-0.05, 0) is 24.3 Å². The number of ether oxygens (including phenoxy) is 2. The molecule has 2 aromatic rings. The molecular weight excluding hydrogens is 204 g/mol. The van der Waals surface area contributed by atoms with Crippen molar-refractivity contribution in [1.82, 2.24) is 9.78 Å². The van der Waals surface area contributed by atoms with Gasteiger partial charge >= 0.3 is 0 Å². The van der Waals surface area contributed by atoms with Crippen molar-refractivity contribution in [1.29, 1.82) is 0 Å². The Balaban J connectivity index is 2.43. The fraction of sp³-hybridized carbons (Fsp3) is 0.250. The molecule has 0 fully saturated rings. The third-order valence-corrected chi connectivity index (χ3v) is 2.33. The normalized spacial score (nSPS) is 10.2. The van der Waals surface area contributed by atoms with Crippen LogP contribution in [0.25, 0.3) is 11.3 Å². The predicted octanol–water partition coefficient (Wildman–Crippen LogP) is 1.90. The van der Waals surface area contributed by atoms with Crippen LogP contribution in [0.4, 0.5) is 0 Å². The molecule has 0 N–H and O–H groups in total. The fourth-order valence-corrected chi connectivity index (χ4v) is 1.51. The topological polar surface area (TPSA) is 36.3 Å². The molecule has 2 rings (SSSR count). The second-order valence-corrected chi connectivity index (χ2v) is 3.35. The van der Waals surface area contributed by atoms with Crippen molar-refractivity contribution in [3.63, 3.8) is 0 Å². The molecule has 1 heterocycles. The maximum Gasteiger partial charge on any atom is 0.161 e. The van der Waals surface area contributed by atoms with Crippen molar-refractivity contribution in [2.24, 2.45) is 7.05 Å². The van der Waals surface area contributed by atoms with Crippen molar-refractivity contribution < 1.29 is 9.47 Å². The fourth-order valence-electron chi connectivity index (χ4n) is 1.51. The van der Waals surface area contributed by atoms with E-state index in [4.69, 9.17) is 9.47 Å². The van der Waals surface area contributed by atoms with Crippen LogP contribution in [0.15, 0.2) is 24.3 Å². The Bertz CT molecular complexity index is 492. The molecule has 1 aromatic heterocycles. The van der Waals surface area contributed by atoms with Crippen molar-refractivity contribution >= 4 is 0 Å². The molecule has 0 saturated heterocycles. The first-order valence-corrected chi connectivity index (χ1v) is 4.88. The molecule has 4 heteroatoms. The van der Waals surface area contributed by atoms with Gasteiger partial charge < -0.3 is 9.47 Å². The lowest BCUT2D eigenvalue weighted by Crippen LogP contribution is -1.92. The molecule has 1 aromatic carbocycles. The average Bonchev–Trinajstić information content (AvgIpc) is 2.75. The van der Waals surface area contributed by atoms with E-state index in [2.05, 4.69) is 11.3 Å². The molecule has 0 aliphatic heterocycles. The summed E-state index contributed by atoms with van der Waals surface area (Å²) in [5, 5.41) is 4.28. The minimum Gasteiger partial charge on any atom is -0.493 e. The first-order valence-electron chi connectivity index (χ1n) is 4.88. The summed E-state index contributed by atoms with van der Waals surface area (Å²) in [4.78, 5) is 0. The van der Waals surface area contributed by atoms with Crippen LogP contribution in [-0.2, 0) is 7.05 Å².